The van der Waals surface area contributed by atoms with Gasteiger partial charge >= 0.3 is 0 Å². The third-order valence-electron chi connectivity index (χ3n) is 6.48. The van der Waals surface area contributed by atoms with Gasteiger partial charge in [-0.05, 0) is 67.0 Å². The van der Waals surface area contributed by atoms with Crippen molar-refractivity contribution in [1.29, 1.82) is 0 Å². The van der Waals surface area contributed by atoms with Gasteiger partial charge in [0.05, 0.1) is 0 Å². The summed E-state index contributed by atoms with van der Waals surface area (Å²) in [6, 6.07) is 25.7. The van der Waals surface area contributed by atoms with Crippen molar-refractivity contribution in [3.63, 3.8) is 0 Å². The first-order valence-corrected chi connectivity index (χ1v) is 14.1. The molecule has 3 rings (SSSR count). The Morgan fingerprint density at radius 2 is 1.37 bits per heavy atom. The molecule has 4 nitrogen and oxygen atoms in total. The fourth-order valence-corrected chi connectivity index (χ4v) is 4.62. The van der Waals surface area contributed by atoms with E-state index in [-0.39, 0.29) is 17.2 Å². The Labute approximate surface area is 237 Å². The van der Waals surface area contributed by atoms with Crippen LogP contribution in [0.1, 0.15) is 70.2 Å². The SMILES string of the molecule is CC(C)(C)NC(=O)C(Cc1ccccc1)N(Cc1ccc(Br)cc1)C(=O)CCc1ccc(C(C)(C)C)cc1. The van der Waals surface area contributed by atoms with E-state index in [1.165, 1.54) is 5.56 Å². The average molecular weight is 578 g/mol. The molecule has 202 valence electrons. The largest absolute Gasteiger partial charge is 0.350 e. The number of amides is 2. The molecule has 2 amide bonds. The van der Waals surface area contributed by atoms with Crippen LogP contribution in [0, 0.1) is 0 Å². The highest BCUT2D eigenvalue weighted by Gasteiger charge is 2.32. The van der Waals surface area contributed by atoms with Crippen molar-refractivity contribution in [2.75, 3.05) is 0 Å². The lowest BCUT2D eigenvalue weighted by atomic mass is 9.86. The number of carbonyl (C=O) groups is 2. The lowest BCUT2D eigenvalue weighted by Crippen LogP contribution is -2.54. The van der Waals surface area contributed by atoms with E-state index in [2.05, 4.69) is 66.3 Å². The van der Waals surface area contributed by atoms with Crippen LogP contribution in [0.4, 0.5) is 0 Å². The molecule has 3 aromatic carbocycles. The predicted octanol–water partition coefficient (Wildman–Crippen LogP) is 7.23. The first-order chi connectivity index (χ1) is 17.8. The Morgan fingerprint density at radius 1 is 0.789 bits per heavy atom. The van der Waals surface area contributed by atoms with Crippen molar-refractivity contribution < 1.29 is 9.59 Å². The van der Waals surface area contributed by atoms with E-state index in [0.717, 1.165) is 21.2 Å². The second-order valence-electron chi connectivity index (χ2n) is 12.0. The van der Waals surface area contributed by atoms with E-state index in [0.29, 0.717) is 25.8 Å². The minimum Gasteiger partial charge on any atom is -0.350 e. The Morgan fingerprint density at radius 3 is 1.92 bits per heavy atom. The van der Waals surface area contributed by atoms with Crippen LogP contribution in [0.5, 0.6) is 0 Å². The van der Waals surface area contributed by atoms with Gasteiger partial charge in [-0.1, -0.05) is 103 Å². The zero-order valence-corrected chi connectivity index (χ0v) is 25.1. The molecule has 0 radical (unpaired) electrons. The first kappa shape index (κ1) is 29.6. The molecule has 0 saturated carbocycles. The summed E-state index contributed by atoms with van der Waals surface area (Å²) in [7, 11) is 0. The van der Waals surface area contributed by atoms with Crippen LogP contribution in [0.2, 0.25) is 0 Å². The normalized spacial score (nSPS) is 12.6. The number of rotatable bonds is 9. The average Bonchev–Trinajstić information content (AvgIpc) is 2.85. The molecule has 0 saturated heterocycles. The number of halogens is 1. The van der Waals surface area contributed by atoms with Crippen molar-refractivity contribution in [3.8, 4) is 0 Å². The Kier molecular flexibility index (Phi) is 9.94. The van der Waals surface area contributed by atoms with Crippen LogP contribution < -0.4 is 5.32 Å². The van der Waals surface area contributed by atoms with Crippen molar-refractivity contribution in [1.82, 2.24) is 10.2 Å². The van der Waals surface area contributed by atoms with Crippen molar-refractivity contribution in [2.24, 2.45) is 0 Å². The minimum absolute atomic E-state index is 0.0298. The van der Waals surface area contributed by atoms with E-state index in [1.807, 2.05) is 75.4 Å². The van der Waals surface area contributed by atoms with Crippen LogP contribution in [0.25, 0.3) is 0 Å². The zero-order valence-electron chi connectivity index (χ0n) is 23.6. The molecule has 0 heterocycles. The summed E-state index contributed by atoms with van der Waals surface area (Å²) in [6.45, 7) is 12.8. The monoisotopic (exact) mass is 576 g/mol. The summed E-state index contributed by atoms with van der Waals surface area (Å²) in [5, 5.41) is 3.12. The lowest BCUT2D eigenvalue weighted by Gasteiger charge is -2.34. The summed E-state index contributed by atoms with van der Waals surface area (Å²) >= 11 is 3.49. The van der Waals surface area contributed by atoms with Crippen LogP contribution in [-0.2, 0) is 34.4 Å². The molecular weight excluding hydrogens is 536 g/mol. The maximum absolute atomic E-state index is 13.9. The van der Waals surface area contributed by atoms with E-state index in [9.17, 15) is 9.59 Å². The van der Waals surface area contributed by atoms with Gasteiger partial charge in [-0.25, -0.2) is 0 Å². The standard InChI is InChI=1S/C33H41BrN2O2/c1-32(2,3)27-17-12-24(13-18-27)16-21-30(37)36(23-26-14-19-28(34)20-15-26)29(31(38)35-33(4,5)6)22-25-10-8-7-9-11-25/h7-15,17-20,29H,16,21-23H2,1-6H3,(H,35,38). The maximum atomic E-state index is 13.9. The fourth-order valence-electron chi connectivity index (χ4n) is 4.36. The second-order valence-corrected chi connectivity index (χ2v) is 13.0. The van der Waals surface area contributed by atoms with Gasteiger partial charge in [0, 0.05) is 29.4 Å². The molecule has 3 aromatic rings. The van der Waals surface area contributed by atoms with Gasteiger partial charge in [0.2, 0.25) is 11.8 Å². The van der Waals surface area contributed by atoms with Crippen molar-refractivity contribution >= 4 is 27.7 Å². The topological polar surface area (TPSA) is 49.4 Å². The van der Waals surface area contributed by atoms with Crippen molar-refractivity contribution in [3.05, 3.63) is 106 Å². The number of nitrogens with zero attached hydrogens (tertiary/aromatic N) is 1. The minimum atomic E-state index is -0.629. The van der Waals surface area contributed by atoms with Crippen LogP contribution >= 0.6 is 15.9 Å². The Bertz CT molecular complexity index is 1190. The highest BCUT2D eigenvalue weighted by molar-refractivity contribution is 9.10. The van der Waals surface area contributed by atoms with Gasteiger partial charge in [-0.15, -0.1) is 0 Å². The molecule has 0 spiro atoms. The number of benzene rings is 3. The molecule has 0 aromatic heterocycles. The van der Waals surface area contributed by atoms with E-state index >= 15 is 0 Å². The number of hydrogen-bond acceptors (Lipinski definition) is 2. The quantitative estimate of drug-likeness (QED) is 0.292. The molecule has 1 atom stereocenters. The Balaban J connectivity index is 1.89. The van der Waals surface area contributed by atoms with Gasteiger partial charge in [0.15, 0.2) is 0 Å². The van der Waals surface area contributed by atoms with E-state index in [1.54, 1.807) is 4.90 Å². The summed E-state index contributed by atoms with van der Waals surface area (Å²) in [5.74, 6) is -0.167. The number of aryl methyl sites for hydroxylation is 1. The smallest absolute Gasteiger partial charge is 0.243 e. The van der Waals surface area contributed by atoms with E-state index < -0.39 is 11.6 Å². The summed E-state index contributed by atoms with van der Waals surface area (Å²) in [4.78, 5) is 29.3. The molecule has 0 bridgehead atoms. The van der Waals surface area contributed by atoms with Gasteiger partial charge in [-0.3, -0.25) is 9.59 Å². The van der Waals surface area contributed by atoms with Gasteiger partial charge in [0.1, 0.15) is 6.04 Å². The van der Waals surface area contributed by atoms with Gasteiger partial charge in [-0.2, -0.15) is 0 Å². The van der Waals surface area contributed by atoms with Crippen LogP contribution in [-0.4, -0.2) is 28.3 Å². The molecule has 1 N–H and O–H groups in total. The van der Waals surface area contributed by atoms with Gasteiger partial charge < -0.3 is 10.2 Å². The highest BCUT2D eigenvalue weighted by Crippen LogP contribution is 2.23. The molecule has 5 heteroatoms. The lowest BCUT2D eigenvalue weighted by molar-refractivity contribution is -0.141. The summed E-state index contributed by atoms with van der Waals surface area (Å²) in [6.07, 6.45) is 1.41. The first-order valence-electron chi connectivity index (χ1n) is 13.3. The third-order valence-corrected chi connectivity index (χ3v) is 7.01. The second kappa shape index (κ2) is 12.8. The van der Waals surface area contributed by atoms with Gasteiger partial charge in [0.25, 0.3) is 0 Å². The maximum Gasteiger partial charge on any atom is 0.243 e. The summed E-state index contributed by atoms with van der Waals surface area (Å²) in [5.41, 5.74) is 4.07. The fraction of sp³-hybridized carbons (Fsp3) is 0.394. The number of hydrogen-bond donors (Lipinski definition) is 1. The van der Waals surface area contributed by atoms with Crippen molar-refractivity contribution in [2.45, 2.75) is 84.3 Å². The zero-order chi connectivity index (χ0) is 27.9. The molecule has 0 fully saturated rings. The Hall–Kier alpha value is -2.92. The predicted molar refractivity (Wildman–Crippen MR) is 160 cm³/mol. The third kappa shape index (κ3) is 9.13. The van der Waals surface area contributed by atoms with Crippen LogP contribution in [0.15, 0.2) is 83.3 Å². The number of carbonyl (C=O) groups excluding carboxylic acids is 2. The molecule has 1 unspecified atom stereocenters. The molecule has 0 aliphatic heterocycles. The van der Waals surface area contributed by atoms with Crippen LogP contribution in [0.3, 0.4) is 0 Å². The summed E-state index contributed by atoms with van der Waals surface area (Å²) < 4.78 is 0.976. The molecule has 0 aliphatic rings. The van der Waals surface area contributed by atoms with E-state index in [4.69, 9.17) is 0 Å². The molecular formula is C33H41BrN2O2. The molecule has 38 heavy (non-hydrogen) atoms. The molecule has 0 aliphatic carbocycles. The highest BCUT2D eigenvalue weighted by atomic mass is 79.9. The number of nitrogens with one attached hydrogen (secondary N) is 1.